The fraction of sp³-hybridized carbons (Fsp3) is 1.00. The molecule has 0 radical (unpaired) electrons. The lowest BCUT2D eigenvalue weighted by Crippen LogP contribution is -2.48. The zero-order valence-electron chi connectivity index (χ0n) is 11.9. The first kappa shape index (κ1) is 16.1. The second-order valence-corrected chi connectivity index (χ2v) is 7.17. The highest BCUT2D eigenvalue weighted by atomic mass is 28.4. The molecule has 0 aliphatic carbocycles. The van der Waals surface area contributed by atoms with Gasteiger partial charge in [-0.25, -0.2) is 0 Å². The Balaban J connectivity index is 2.37. The highest BCUT2D eigenvalue weighted by Gasteiger charge is 2.41. The van der Waals surface area contributed by atoms with Crippen LogP contribution in [0.3, 0.4) is 0 Å². The summed E-state index contributed by atoms with van der Waals surface area (Å²) < 4.78 is 28.1. The van der Waals surface area contributed by atoms with Gasteiger partial charge in [0.05, 0.1) is 19.8 Å². The van der Waals surface area contributed by atoms with E-state index in [0.717, 1.165) is 6.61 Å². The Morgan fingerprint density at radius 3 is 2.28 bits per heavy atom. The summed E-state index contributed by atoms with van der Waals surface area (Å²) in [5.74, 6) is 0. The van der Waals surface area contributed by atoms with Gasteiger partial charge in [0.2, 0.25) is 0 Å². The van der Waals surface area contributed by atoms with Gasteiger partial charge < -0.3 is 22.8 Å². The van der Waals surface area contributed by atoms with Crippen molar-refractivity contribution in [2.24, 2.45) is 0 Å². The van der Waals surface area contributed by atoms with Crippen molar-refractivity contribution in [1.82, 2.24) is 0 Å². The summed E-state index contributed by atoms with van der Waals surface area (Å²) in [5.41, 5.74) is 0. The molecule has 0 amide bonds. The van der Waals surface area contributed by atoms with Crippen molar-refractivity contribution in [2.45, 2.75) is 45.9 Å². The van der Waals surface area contributed by atoms with Crippen LogP contribution in [0.25, 0.3) is 0 Å². The third kappa shape index (κ3) is 6.26. The van der Waals surface area contributed by atoms with Gasteiger partial charge >= 0.3 is 8.80 Å². The summed E-state index contributed by atoms with van der Waals surface area (Å²) in [5, 5.41) is 0. The fourth-order valence-electron chi connectivity index (χ4n) is 1.69. The molecule has 0 aromatic rings. The Morgan fingerprint density at radius 1 is 1.22 bits per heavy atom. The molecule has 5 nitrogen and oxygen atoms in total. The molecule has 1 aliphatic heterocycles. The van der Waals surface area contributed by atoms with Crippen molar-refractivity contribution in [3.8, 4) is 0 Å². The van der Waals surface area contributed by atoms with Gasteiger partial charge in [-0.15, -0.1) is 0 Å². The van der Waals surface area contributed by atoms with Crippen molar-refractivity contribution in [2.75, 3.05) is 33.0 Å². The summed E-state index contributed by atoms with van der Waals surface area (Å²) >= 11 is 0. The predicted octanol–water partition coefficient (Wildman–Crippen LogP) is 1.84. The number of hydrogen-bond acceptors (Lipinski definition) is 5. The van der Waals surface area contributed by atoms with E-state index < -0.39 is 8.80 Å². The smallest absolute Gasteiger partial charge is 0.379 e. The molecule has 0 bridgehead atoms. The summed E-state index contributed by atoms with van der Waals surface area (Å²) in [6.07, 6.45) is 0.396. The van der Waals surface area contributed by atoms with Crippen molar-refractivity contribution in [3.05, 3.63) is 0 Å². The lowest BCUT2D eigenvalue weighted by molar-refractivity contribution is 0.0336. The number of hydrogen-bond donors (Lipinski definition) is 0. The molecule has 0 saturated carbocycles. The van der Waals surface area contributed by atoms with E-state index in [1.54, 1.807) is 0 Å². The molecule has 0 aromatic carbocycles. The largest absolute Gasteiger partial charge is 0.503 e. The molecular formula is C12H26O5Si. The maximum absolute atomic E-state index is 5.92. The molecule has 6 heteroatoms. The third-order valence-electron chi connectivity index (χ3n) is 2.40. The van der Waals surface area contributed by atoms with Gasteiger partial charge in [-0.3, -0.25) is 0 Å². The van der Waals surface area contributed by atoms with Gasteiger partial charge in [0.15, 0.2) is 0 Å². The molecule has 108 valence electrons. The quantitative estimate of drug-likeness (QED) is 0.328. The summed E-state index contributed by atoms with van der Waals surface area (Å²) in [4.78, 5) is 0. The Hall–Kier alpha value is 0.0169. The minimum Gasteiger partial charge on any atom is -0.379 e. The molecule has 1 rings (SSSR count). The van der Waals surface area contributed by atoms with Crippen LogP contribution in [-0.4, -0.2) is 54.0 Å². The van der Waals surface area contributed by atoms with Gasteiger partial charge in [-0.05, 0) is 27.7 Å². The van der Waals surface area contributed by atoms with Crippen LogP contribution in [0.2, 0.25) is 6.04 Å². The first-order valence-corrected chi connectivity index (χ1v) is 8.70. The van der Waals surface area contributed by atoms with Crippen molar-refractivity contribution >= 4 is 8.80 Å². The third-order valence-corrected chi connectivity index (χ3v) is 5.51. The van der Waals surface area contributed by atoms with E-state index in [9.17, 15) is 0 Å². The zero-order chi connectivity index (χ0) is 13.4. The Labute approximate surface area is 111 Å². The molecule has 1 aliphatic rings. The van der Waals surface area contributed by atoms with Crippen LogP contribution in [-0.2, 0) is 22.8 Å². The predicted molar refractivity (Wildman–Crippen MR) is 70.6 cm³/mol. The second kappa shape index (κ2) is 8.24. The molecule has 0 aromatic heterocycles. The minimum atomic E-state index is -2.58. The van der Waals surface area contributed by atoms with E-state index in [1.807, 2.05) is 27.7 Å². The molecule has 18 heavy (non-hydrogen) atoms. The lowest BCUT2D eigenvalue weighted by atomic mass is 10.5. The standard InChI is InChI=1S/C12H26O5Si/c1-5-15-18(16-6-2,17-11(3)4)8-7-13-9-12-10-14-12/h11-12H,5-10H2,1-4H3. The topological polar surface area (TPSA) is 49.5 Å². The number of epoxide rings is 1. The molecule has 1 atom stereocenters. The highest BCUT2D eigenvalue weighted by molar-refractivity contribution is 6.60. The summed E-state index contributed by atoms with van der Waals surface area (Å²) in [6.45, 7) is 11.2. The molecule has 1 fully saturated rings. The van der Waals surface area contributed by atoms with E-state index in [2.05, 4.69) is 0 Å². The van der Waals surface area contributed by atoms with E-state index in [1.165, 1.54) is 0 Å². The van der Waals surface area contributed by atoms with Crippen LogP contribution >= 0.6 is 0 Å². The Kier molecular flexibility index (Phi) is 7.36. The number of ether oxygens (including phenoxy) is 2. The average molecular weight is 278 g/mol. The van der Waals surface area contributed by atoms with E-state index in [0.29, 0.717) is 38.6 Å². The van der Waals surface area contributed by atoms with Crippen LogP contribution in [0.4, 0.5) is 0 Å². The van der Waals surface area contributed by atoms with E-state index in [4.69, 9.17) is 22.8 Å². The molecule has 1 heterocycles. The Morgan fingerprint density at radius 2 is 1.83 bits per heavy atom. The first-order chi connectivity index (χ1) is 8.62. The van der Waals surface area contributed by atoms with Crippen LogP contribution in [0.5, 0.6) is 0 Å². The fourth-order valence-corrected chi connectivity index (χ4v) is 4.31. The highest BCUT2D eigenvalue weighted by Crippen LogP contribution is 2.19. The first-order valence-electron chi connectivity index (χ1n) is 6.77. The molecule has 0 N–H and O–H groups in total. The van der Waals surface area contributed by atoms with Gasteiger partial charge in [-0.2, -0.15) is 0 Å². The SMILES string of the molecule is CCO[Si](CCOCC1CO1)(OCC)OC(C)C. The minimum absolute atomic E-state index is 0.0986. The Bertz CT molecular complexity index is 215. The molecule has 0 spiro atoms. The van der Waals surface area contributed by atoms with Gasteiger partial charge in [0.25, 0.3) is 0 Å². The zero-order valence-corrected chi connectivity index (χ0v) is 12.9. The summed E-state index contributed by atoms with van der Waals surface area (Å²) in [7, 11) is -2.58. The van der Waals surface area contributed by atoms with E-state index >= 15 is 0 Å². The lowest BCUT2D eigenvalue weighted by Gasteiger charge is -2.30. The summed E-state index contributed by atoms with van der Waals surface area (Å²) in [6, 6.07) is 0.694. The van der Waals surface area contributed by atoms with Gasteiger partial charge in [0.1, 0.15) is 6.10 Å². The van der Waals surface area contributed by atoms with Gasteiger partial charge in [0, 0.05) is 25.4 Å². The van der Waals surface area contributed by atoms with Crippen LogP contribution in [0, 0.1) is 0 Å². The van der Waals surface area contributed by atoms with Crippen molar-refractivity contribution in [3.63, 3.8) is 0 Å². The second-order valence-electron chi connectivity index (χ2n) is 4.50. The van der Waals surface area contributed by atoms with Gasteiger partial charge in [-0.1, -0.05) is 0 Å². The maximum atomic E-state index is 5.92. The monoisotopic (exact) mass is 278 g/mol. The van der Waals surface area contributed by atoms with Crippen LogP contribution in [0.15, 0.2) is 0 Å². The normalized spacial score (nSPS) is 19.5. The molecule has 1 unspecified atom stereocenters. The molecule has 1 saturated heterocycles. The maximum Gasteiger partial charge on any atom is 0.503 e. The van der Waals surface area contributed by atoms with Crippen molar-refractivity contribution in [1.29, 1.82) is 0 Å². The van der Waals surface area contributed by atoms with Crippen LogP contribution in [0.1, 0.15) is 27.7 Å². The van der Waals surface area contributed by atoms with Crippen LogP contribution < -0.4 is 0 Å². The van der Waals surface area contributed by atoms with Crippen molar-refractivity contribution < 1.29 is 22.8 Å². The average Bonchev–Trinajstić information content (AvgIpc) is 3.08. The number of rotatable bonds is 11. The van der Waals surface area contributed by atoms with E-state index in [-0.39, 0.29) is 6.10 Å². The molecular weight excluding hydrogens is 252 g/mol.